The summed E-state index contributed by atoms with van der Waals surface area (Å²) in [5.41, 5.74) is 0.705. The van der Waals surface area contributed by atoms with Gasteiger partial charge in [-0.25, -0.2) is 0 Å². The molecular formula is C18H18ClN3O3S. The van der Waals surface area contributed by atoms with Crippen LogP contribution >= 0.6 is 23.4 Å². The van der Waals surface area contributed by atoms with Gasteiger partial charge in [-0.15, -0.1) is 11.8 Å². The molecule has 1 amide bonds. The molecule has 0 N–H and O–H groups in total. The molecule has 1 aliphatic heterocycles. The first kappa shape index (κ1) is 18.5. The number of nitro benzene ring substituents is 1. The number of anilines is 1. The van der Waals surface area contributed by atoms with E-state index in [-0.39, 0.29) is 16.5 Å². The van der Waals surface area contributed by atoms with Crippen LogP contribution in [0.4, 0.5) is 11.4 Å². The number of carbonyl (C=O) groups excluding carboxylic acids is 1. The molecule has 6 nitrogen and oxygen atoms in total. The van der Waals surface area contributed by atoms with Gasteiger partial charge in [-0.1, -0.05) is 35.9 Å². The topological polar surface area (TPSA) is 66.7 Å². The summed E-state index contributed by atoms with van der Waals surface area (Å²) in [7, 11) is 0. The maximum atomic E-state index is 12.4. The predicted octanol–water partition coefficient (Wildman–Crippen LogP) is 3.69. The van der Waals surface area contributed by atoms with Crippen LogP contribution in [0.15, 0.2) is 53.4 Å². The number of carbonyl (C=O) groups is 1. The van der Waals surface area contributed by atoms with E-state index >= 15 is 0 Å². The van der Waals surface area contributed by atoms with E-state index in [4.69, 9.17) is 11.6 Å². The summed E-state index contributed by atoms with van der Waals surface area (Å²) in [6, 6.07) is 14.2. The summed E-state index contributed by atoms with van der Waals surface area (Å²) in [5.74, 6) is 0.381. The molecule has 1 fully saturated rings. The van der Waals surface area contributed by atoms with E-state index in [9.17, 15) is 14.9 Å². The second-order valence-corrected chi connectivity index (χ2v) is 7.26. The second-order valence-electron chi connectivity index (χ2n) is 5.83. The summed E-state index contributed by atoms with van der Waals surface area (Å²) in [5, 5.41) is 11.8. The number of para-hydroxylation sites is 2. The zero-order chi connectivity index (χ0) is 18.5. The second kappa shape index (κ2) is 8.42. The van der Waals surface area contributed by atoms with Crippen LogP contribution in [0, 0.1) is 10.1 Å². The van der Waals surface area contributed by atoms with E-state index in [0.29, 0.717) is 42.6 Å². The number of nitrogens with zero attached hydrogens (tertiary/aromatic N) is 3. The zero-order valence-corrected chi connectivity index (χ0v) is 15.6. The number of nitro groups is 1. The van der Waals surface area contributed by atoms with Crippen LogP contribution in [-0.2, 0) is 4.79 Å². The van der Waals surface area contributed by atoms with Crippen molar-refractivity contribution < 1.29 is 9.72 Å². The third-order valence-electron chi connectivity index (χ3n) is 4.24. The highest BCUT2D eigenvalue weighted by Crippen LogP contribution is 2.29. The first-order valence-corrected chi connectivity index (χ1v) is 9.56. The zero-order valence-electron chi connectivity index (χ0n) is 14.0. The molecule has 1 saturated heterocycles. The minimum atomic E-state index is -0.368. The fourth-order valence-corrected chi connectivity index (χ4v) is 4.02. The number of piperazine rings is 1. The van der Waals surface area contributed by atoms with Crippen molar-refractivity contribution in [1.82, 2.24) is 4.90 Å². The number of thioether (sulfide) groups is 1. The molecule has 0 radical (unpaired) electrons. The van der Waals surface area contributed by atoms with Gasteiger partial charge in [0, 0.05) is 37.1 Å². The Hall–Kier alpha value is -2.25. The van der Waals surface area contributed by atoms with Crippen molar-refractivity contribution in [3.63, 3.8) is 0 Å². The summed E-state index contributed by atoms with van der Waals surface area (Å²) in [6.07, 6.45) is 0. The lowest BCUT2D eigenvalue weighted by Crippen LogP contribution is -2.49. The molecule has 8 heteroatoms. The lowest BCUT2D eigenvalue weighted by atomic mass is 10.2. The third-order valence-corrected chi connectivity index (χ3v) is 5.74. The fraction of sp³-hybridized carbons (Fsp3) is 0.278. The largest absolute Gasteiger partial charge is 0.362 e. The normalized spacial score (nSPS) is 14.3. The van der Waals surface area contributed by atoms with Gasteiger partial charge in [0.2, 0.25) is 5.91 Å². The van der Waals surface area contributed by atoms with Gasteiger partial charge in [0.25, 0.3) is 5.69 Å². The van der Waals surface area contributed by atoms with E-state index in [0.717, 1.165) is 4.90 Å². The molecule has 2 aromatic rings. The van der Waals surface area contributed by atoms with Gasteiger partial charge >= 0.3 is 0 Å². The molecule has 0 spiro atoms. The Morgan fingerprint density at radius 3 is 2.42 bits per heavy atom. The number of rotatable bonds is 5. The van der Waals surface area contributed by atoms with E-state index in [1.807, 2.05) is 23.1 Å². The number of hydrogen-bond acceptors (Lipinski definition) is 5. The van der Waals surface area contributed by atoms with Crippen LogP contribution in [-0.4, -0.2) is 47.7 Å². The van der Waals surface area contributed by atoms with Crippen LogP contribution in [0.25, 0.3) is 0 Å². The number of amides is 1. The number of halogens is 1. The maximum absolute atomic E-state index is 12.4. The van der Waals surface area contributed by atoms with Crippen molar-refractivity contribution in [2.75, 3.05) is 36.8 Å². The first-order valence-electron chi connectivity index (χ1n) is 8.20. The molecule has 1 heterocycles. The van der Waals surface area contributed by atoms with Gasteiger partial charge in [-0.3, -0.25) is 14.9 Å². The average Bonchev–Trinajstić information content (AvgIpc) is 2.67. The molecule has 2 aromatic carbocycles. The molecule has 0 aliphatic carbocycles. The van der Waals surface area contributed by atoms with E-state index in [1.165, 1.54) is 17.8 Å². The van der Waals surface area contributed by atoms with Crippen molar-refractivity contribution in [3.05, 3.63) is 63.7 Å². The van der Waals surface area contributed by atoms with Crippen LogP contribution in [0.2, 0.25) is 5.02 Å². The lowest BCUT2D eigenvalue weighted by Gasteiger charge is -2.35. The van der Waals surface area contributed by atoms with Gasteiger partial charge in [0.05, 0.1) is 15.7 Å². The Kier molecular flexibility index (Phi) is 6.00. The molecule has 0 bridgehead atoms. The van der Waals surface area contributed by atoms with E-state index in [1.54, 1.807) is 29.2 Å². The van der Waals surface area contributed by atoms with Gasteiger partial charge in [-0.05, 0) is 18.2 Å². The van der Waals surface area contributed by atoms with Crippen LogP contribution in [0.5, 0.6) is 0 Å². The average molecular weight is 392 g/mol. The molecule has 3 rings (SSSR count). The van der Waals surface area contributed by atoms with Gasteiger partial charge in [0.15, 0.2) is 0 Å². The van der Waals surface area contributed by atoms with Crippen molar-refractivity contribution in [1.29, 1.82) is 0 Å². The quantitative estimate of drug-likeness (QED) is 0.441. The number of hydrogen-bond donors (Lipinski definition) is 0. The van der Waals surface area contributed by atoms with Crippen LogP contribution in [0.3, 0.4) is 0 Å². The molecule has 0 saturated carbocycles. The lowest BCUT2D eigenvalue weighted by molar-refractivity contribution is -0.384. The standard InChI is InChI=1S/C18H18ClN3O3S/c19-14-5-1-4-8-17(14)26-13-18(23)21-11-9-20(10-12-21)15-6-2-3-7-16(15)22(24)25/h1-8H,9-13H2. The molecule has 1 aliphatic rings. The van der Waals surface area contributed by atoms with Crippen molar-refractivity contribution in [3.8, 4) is 0 Å². The van der Waals surface area contributed by atoms with E-state index in [2.05, 4.69) is 0 Å². The third kappa shape index (κ3) is 4.28. The van der Waals surface area contributed by atoms with Gasteiger partial charge in [0.1, 0.15) is 5.69 Å². The molecule has 0 unspecified atom stereocenters. The minimum Gasteiger partial charge on any atom is -0.362 e. The summed E-state index contributed by atoms with van der Waals surface area (Å²) < 4.78 is 0. The number of benzene rings is 2. The van der Waals surface area contributed by atoms with E-state index < -0.39 is 0 Å². The fourth-order valence-electron chi connectivity index (χ4n) is 2.88. The minimum absolute atomic E-state index is 0.0529. The highest BCUT2D eigenvalue weighted by Gasteiger charge is 2.25. The molecule has 0 aromatic heterocycles. The Morgan fingerprint density at radius 2 is 1.73 bits per heavy atom. The Bertz CT molecular complexity index is 810. The summed E-state index contributed by atoms with van der Waals surface area (Å²) in [6.45, 7) is 2.25. The predicted molar refractivity (Wildman–Crippen MR) is 104 cm³/mol. The van der Waals surface area contributed by atoms with Crippen molar-refractivity contribution >= 4 is 40.6 Å². The monoisotopic (exact) mass is 391 g/mol. The molecule has 136 valence electrons. The Morgan fingerprint density at radius 1 is 1.08 bits per heavy atom. The first-order chi connectivity index (χ1) is 12.6. The molecule has 0 atom stereocenters. The van der Waals surface area contributed by atoms with Crippen LogP contribution < -0.4 is 4.90 Å². The van der Waals surface area contributed by atoms with Crippen molar-refractivity contribution in [2.24, 2.45) is 0 Å². The molecule has 26 heavy (non-hydrogen) atoms. The summed E-state index contributed by atoms with van der Waals surface area (Å²) in [4.78, 5) is 27.9. The maximum Gasteiger partial charge on any atom is 0.292 e. The SMILES string of the molecule is O=C(CSc1ccccc1Cl)N1CCN(c2ccccc2[N+](=O)[O-])CC1. The Balaban J connectivity index is 1.56. The van der Waals surface area contributed by atoms with Crippen LogP contribution in [0.1, 0.15) is 0 Å². The highest BCUT2D eigenvalue weighted by molar-refractivity contribution is 8.00. The van der Waals surface area contributed by atoms with Gasteiger partial charge in [-0.2, -0.15) is 0 Å². The van der Waals surface area contributed by atoms with Gasteiger partial charge < -0.3 is 9.80 Å². The molecular weight excluding hydrogens is 374 g/mol. The highest BCUT2D eigenvalue weighted by atomic mass is 35.5. The van der Waals surface area contributed by atoms with Crippen molar-refractivity contribution in [2.45, 2.75) is 4.90 Å². The smallest absolute Gasteiger partial charge is 0.292 e. The Labute approximate surface area is 160 Å². The summed E-state index contributed by atoms with van der Waals surface area (Å²) >= 11 is 7.54.